The van der Waals surface area contributed by atoms with Crippen LogP contribution in [0.5, 0.6) is 0 Å². The van der Waals surface area contributed by atoms with Crippen LogP contribution in [0.3, 0.4) is 0 Å². The number of hydrogen-bond acceptors (Lipinski definition) is 4. The number of nitrogens with zero attached hydrogens (tertiary/aromatic N) is 3. The van der Waals surface area contributed by atoms with E-state index in [1.165, 1.54) is 0 Å². The molecule has 86 valence electrons. The zero-order chi connectivity index (χ0) is 11.4. The molecule has 1 atom stereocenters. The van der Waals surface area contributed by atoms with Gasteiger partial charge in [-0.15, -0.1) is 0 Å². The summed E-state index contributed by atoms with van der Waals surface area (Å²) in [6, 6.07) is 4.28. The molecule has 0 aromatic carbocycles. The van der Waals surface area contributed by atoms with Crippen molar-refractivity contribution in [2.24, 2.45) is 0 Å². The van der Waals surface area contributed by atoms with Gasteiger partial charge >= 0.3 is 0 Å². The molecule has 0 saturated carbocycles. The molecule has 0 aliphatic carbocycles. The van der Waals surface area contributed by atoms with E-state index in [-0.39, 0.29) is 0 Å². The molecular weight excluding hydrogens is 220 g/mol. The van der Waals surface area contributed by atoms with Crippen molar-refractivity contribution in [1.82, 2.24) is 14.6 Å². The molecule has 2 aromatic rings. The van der Waals surface area contributed by atoms with E-state index in [4.69, 9.17) is 0 Å². The summed E-state index contributed by atoms with van der Waals surface area (Å²) in [4.78, 5) is 4.46. The number of fused-ring (bicyclic) bond motifs is 1. The Balaban J connectivity index is 2.03. The Kier molecular flexibility index (Phi) is 3.66. The summed E-state index contributed by atoms with van der Waals surface area (Å²) in [5, 5.41) is 7.50. The largest absolute Gasteiger partial charge is 0.367 e. The molecular formula is C11H16N4S. The number of hydrogen-bond donors (Lipinski definition) is 1. The van der Waals surface area contributed by atoms with Gasteiger partial charge in [-0.3, -0.25) is 0 Å². The smallest absolute Gasteiger partial charge is 0.157 e. The van der Waals surface area contributed by atoms with Gasteiger partial charge in [0, 0.05) is 24.1 Å². The maximum absolute atomic E-state index is 4.46. The first-order chi connectivity index (χ1) is 7.79. The first-order valence-electron chi connectivity index (χ1n) is 5.44. The topological polar surface area (TPSA) is 42.2 Å². The Bertz CT molecular complexity index is 454. The highest BCUT2D eigenvalue weighted by Gasteiger charge is 2.03. The Morgan fingerprint density at radius 3 is 3.19 bits per heavy atom. The summed E-state index contributed by atoms with van der Waals surface area (Å²) in [5.74, 6) is 3.17. The van der Waals surface area contributed by atoms with Crippen LogP contribution in [0.4, 0.5) is 5.82 Å². The number of thioether (sulfide) groups is 1. The minimum Gasteiger partial charge on any atom is -0.367 e. The van der Waals surface area contributed by atoms with E-state index in [0.717, 1.165) is 23.0 Å². The van der Waals surface area contributed by atoms with Crippen molar-refractivity contribution in [3.63, 3.8) is 0 Å². The molecule has 4 nitrogen and oxygen atoms in total. The first kappa shape index (κ1) is 11.3. The fourth-order valence-electron chi connectivity index (χ4n) is 1.48. The Morgan fingerprint density at radius 1 is 1.50 bits per heavy atom. The molecule has 1 N–H and O–H groups in total. The highest BCUT2D eigenvalue weighted by molar-refractivity contribution is 7.99. The standard InChI is InChI=1S/C11H16N4S/c1-3-16-8-9(2)13-10-5-7-15-11(14-10)4-6-12-15/h4-7,9H,3,8H2,1-2H3,(H,13,14). The predicted molar refractivity (Wildman–Crippen MR) is 69.1 cm³/mol. The average molecular weight is 236 g/mol. The van der Waals surface area contributed by atoms with Gasteiger partial charge in [0.25, 0.3) is 0 Å². The predicted octanol–water partition coefficient (Wildman–Crippen LogP) is 2.28. The average Bonchev–Trinajstić information content (AvgIpc) is 2.73. The second-order valence-electron chi connectivity index (χ2n) is 3.65. The van der Waals surface area contributed by atoms with Crippen molar-refractivity contribution in [3.05, 3.63) is 24.5 Å². The van der Waals surface area contributed by atoms with Crippen LogP contribution in [0, 0.1) is 0 Å². The van der Waals surface area contributed by atoms with Crippen LogP contribution < -0.4 is 5.32 Å². The summed E-state index contributed by atoms with van der Waals surface area (Å²) in [5.41, 5.74) is 0.875. The van der Waals surface area contributed by atoms with Crippen LogP contribution in [0.25, 0.3) is 5.65 Å². The molecule has 2 heterocycles. The Labute approximate surface area is 99.5 Å². The summed E-state index contributed by atoms with van der Waals surface area (Å²) < 4.78 is 1.76. The fraction of sp³-hybridized carbons (Fsp3) is 0.455. The summed E-state index contributed by atoms with van der Waals surface area (Å²) >= 11 is 1.93. The summed E-state index contributed by atoms with van der Waals surface area (Å²) in [6.07, 6.45) is 3.67. The Morgan fingerprint density at radius 2 is 2.38 bits per heavy atom. The van der Waals surface area contributed by atoms with Crippen molar-refractivity contribution in [2.45, 2.75) is 19.9 Å². The van der Waals surface area contributed by atoms with Crippen molar-refractivity contribution in [2.75, 3.05) is 16.8 Å². The molecule has 0 fully saturated rings. The van der Waals surface area contributed by atoms with Crippen LogP contribution in [-0.4, -0.2) is 32.1 Å². The van der Waals surface area contributed by atoms with Gasteiger partial charge in [-0.05, 0) is 18.7 Å². The fourth-order valence-corrected chi connectivity index (χ4v) is 2.15. The van der Waals surface area contributed by atoms with E-state index >= 15 is 0 Å². The minimum absolute atomic E-state index is 0.433. The van der Waals surface area contributed by atoms with Crippen LogP contribution in [-0.2, 0) is 0 Å². The van der Waals surface area contributed by atoms with Gasteiger partial charge in [0.05, 0.1) is 6.20 Å². The quantitative estimate of drug-likeness (QED) is 0.865. The van der Waals surface area contributed by atoms with Crippen molar-refractivity contribution in [1.29, 1.82) is 0 Å². The van der Waals surface area contributed by atoms with Crippen LogP contribution in [0.15, 0.2) is 24.5 Å². The van der Waals surface area contributed by atoms with Gasteiger partial charge in [0.2, 0.25) is 0 Å². The van der Waals surface area contributed by atoms with Gasteiger partial charge in [-0.1, -0.05) is 6.92 Å². The van der Waals surface area contributed by atoms with E-state index in [1.807, 2.05) is 30.1 Å². The van der Waals surface area contributed by atoms with Gasteiger partial charge < -0.3 is 5.32 Å². The third-order valence-corrected chi connectivity index (χ3v) is 3.37. The highest BCUT2D eigenvalue weighted by atomic mass is 32.2. The number of anilines is 1. The second-order valence-corrected chi connectivity index (χ2v) is 4.97. The molecule has 0 saturated heterocycles. The van der Waals surface area contributed by atoms with Gasteiger partial charge in [-0.25, -0.2) is 9.50 Å². The molecule has 1 unspecified atom stereocenters. The lowest BCUT2D eigenvalue weighted by Crippen LogP contribution is -2.19. The van der Waals surface area contributed by atoms with Crippen LogP contribution in [0.2, 0.25) is 0 Å². The molecule has 0 bridgehead atoms. The van der Waals surface area contributed by atoms with Gasteiger partial charge in [0.1, 0.15) is 5.82 Å². The van der Waals surface area contributed by atoms with Crippen LogP contribution in [0.1, 0.15) is 13.8 Å². The molecule has 0 aliphatic heterocycles. The van der Waals surface area contributed by atoms with E-state index in [2.05, 4.69) is 29.2 Å². The monoisotopic (exact) mass is 236 g/mol. The van der Waals surface area contributed by atoms with Crippen LogP contribution >= 0.6 is 11.8 Å². The maximum atomic E-state index is 4.46. The lowest BCUT2D eigenvalue weighted by Gasteiger charge is -2.13. The van der Waals surface area contributed by atoms with E-state index < -0.39 is 0 Å². The lowest BCUT2D eigenvalue weighted by molar-refractivity contribution is 0.889. The summed E-state index contributed by atoms with van der Waals surface area (Å²) in [6.45, 7) is 4.35. The van der Waals surface area contributed by atoms with Crippen molar-refractivity contribution in [3.8, 4) is 0 Å². The number of aromatic nitrogens is 3. The molecule has 16 heavy (non-hydrogen) atoms. The minimum atomic E-state index is 0.433. The molecule has 2 aromatic heterocycles. The van der Waals surface area contributed by atoms with Crippen molar-refractivity contribution >= 4 is 23.2 Å². The number of nitrogens with one attached hydrogen (secondary N) is 1. The highest BCUT2D eigenvalue weighted by Crippen LogP contribution is 2.10. The van der Waals surface area contributed by atoms with Crippen molar-refractivity contribution < 1.29 is 0 Å². The SMILES string of the molecule is CCSCC(C)Nc1ccn2nccc2n1. The van der Waals surface area contributed by atoms with Gasteiger partial charge in [-0.2, -0.15) is 16.9 Å². The zero-order valence-electron chi connectivity index (χ0n) is 9.55. The maximum Gasteiger partial charge on any atom is 0.157 e. The Hall–Kier alpha value is -1.23. The normalized spacial score (nSPS) is 12.9. The van der Waals surface area contributed by atoms with E-state index in [9.17, 15) is 0 Å². The molecule has 2 rings (SSSR count). The van der Waals surface area contributed by atoms with E-state index in [0.29, 0.717) is 6.04 Å². The zero-order valence-corrected chi connectivity index (χ0v) is 10.4. The molecule has 0 spiro atoms. The molecule has 5 heteroatoms. The van der Waals surface area contributed by atoms with E-state index in [1.54, 1.807) is 10.7 Å². The first-order valence-corrected chi connectivity index (χ1v) is 6.59. The third kappa shape index (κ3) is 2.66. The van der Waals surface area contributed by atoms with Gasteiger partial charge in [0.15, 0.2) is 5.65 Å². The molecule has 0 aliphatic rings. The third-order valence-electron chi connectivity index (χ3n) is 2.22. The lowest BCUT2D eigenvalue weighted by atomic mass is 10.4. The molecule has 0 radical (unpaired) electrons. The number of rotatable bonds is 5. The second kappa shape index (κ2) is 5.21. The summed E-state index contributed by atoms with van der Waals surface area (Å²) in [7, 11) is 0. The molecule has 0 amide bonds.